The first-order valence-electron chi connectivity index (χ1n) is 6.20. The maximum Gasteiger partial charge on any atom is 0.434 e. The maximum atomic E-state index is 12.8. The van der Waals surface area contributed by atoms with Gasteiger partial charge in [0.25, 0.3) is 0 Å². The summed E-state index contributed by atoms with van der Waals surface area (Å²) in [5, 5.41) is -5.83. The Hall–Kier alpha value is -1.29. The molecule has 0 aromatic carbocycles. The molecule has 1 aromatic heterocycles. The van der Waals surface area contributed by atoms with Crippen LogP contribution in [0, 0.1) is 0 Å². The Kier molecular flexibility index (Phi) is 7.88. The number of unbranched alkanes of at least 4 members (excludes halogenated alkanes) is 1. The van der Waals surface area contributed by atoms with Crippen LogP contribution in [0.15, 0.2) is 30.6 Å². The molecule has 128 valence electrons. The van der Waals surface area contributed by atoms with Gasteiger partial charge in [-0.25, -0.2) is 4.39 Å². The van der Waals surface area contributed by atoms with Crippen molar-refractivity contribution in [2.45, 2.75) is 43.5 Å². The molecular weight excluding hydrogens is 333 g/mol. The van der Waals surface area contributed by atoms with Gasteiger partial charge in [0.05, 0.1) is 0 Å². The summed E-state index contributed by atoms with van der Waals surface area (Å²) in [5.74, 6) is -5.45. The number of alkyl halides is 5. The Morgan fingerprint density at radius 3 is 1.91 bits per heavy atom. The topological polar surface area (TPSA) is 67.3 Å². The van der Waals surface area contributed by atoms with E-state index in [0.29, 0.717) is 0 Å². The zero-order valence-corrected chi connectivity index (χ0v) is 12.4. The highest BCUT2D eigenvalue weighted by Crippen LogP contribution is 2.43. The van der Waals surface area contributed by atoms with E-state index < -0.39 is 33.9 Å². The molecule has 0 aliphatic carbocycles. The van der Waals surface area contributed by atoms with E-state index in [1.54, 1.807) is 12.4 Å². The van der Waals surface area contributed by atoms with Crippen LogP contribution in [0.4, 0.5) is 22.0 Å². The second-order valence-corrected chi connectivity index (χ2v) is 5.71. The van der Waals surface area contributed by atoms with Crippen LogP contribution in [0.3, 0.4) is 0 Å². The van der Waals surface area contributed by atoms with Crippen molar-refractivity contribution in [1.82, 2.24) is 4.98 Å². The molecule has 1 heterocycles. The van der Waals surface area contributed by atoms with Crippen LogP contribution in [-0.4, -0.2) is 35.3 Å². The standard InChI is InChI=1S/C7H11F5O3S.C5H5N/c1-2-3-4-5(8)6(9,10)7(11,12)16(13,14)15;1-2-4-6-5-3-1/h5H,2-4H2,1H3,(H,13,14,15);1-5H. The van der Waals surface area contributed by atoms with Gasteiger partial charge in [0.2, 0.25) is 0 Å². The number of nitrogens with zero attached hydrogens (tertiary/aromatic N) is 1. The van der Waals surface area contributed by atoms with Gasteiger partial charge < -0.3 is 0 Å². The van der Waals surface area contributed by atoms with E-state index in [1.165, 1.54) is 6.92 Å². The molecule has 0 saturated heterocycles. The molecule has 1 unspecified atom stereocenters. The van der Waals surface area contributed by atoms with Crippen molar-refractivity contribution in [3.8, 4) is 0 Å². The smallest absolute Gasteiger partial charge is 0.281 e. The lowest BCUT2D eigenvalue weighted by molar-refractivity contribution is -0.198. The molecule has 1 rings (SSSR count). The Labute approximate surface area is 125 Å². The summed E-state index contributed by atoms with van der Waals surface area (Å²) < 4.78 is 91.4. The van der Waals surface area contributed by atoms with Crippen LogP contribution < -0.4 is 0 Å². The van der Waals surface area contributed by atoms with Gasteiger partial charge in [-0.1, -0.05) is 25.8 Å². The van der Waals surface area contributed by atoms with Crippen LogP contribution in [0.25, 0.3) is 0 Å². The van der Waals surface area contributed by atoms with Crippen LogP contribution in [-0.2, 0) is 10.1 Å². The summed E-state index contributed by atoms with van der Waals surface area (Å²) >= 11 is 0. The lowest BCUT2D eigenvalue weighted by Crippen LogP contribution is -2.52. The monoisotopic (exact) mass is 349 g/mol. The third-order valence-electron chi connectivity index (χ3n) is 2.48. The van der Waals surface area contributed by atoms with Gasteiger partial charge in [-0.2, -0.15) is 26.0 Å². The maximum absolute atomic E-state index is 12.8. The average Bonchev–Trinajstić information content (AvgIpc) is 2.45. The lowest BCUT2D eigenvalue weighted by atomic mass is 10.1. The average molecular weight is 349 g/mol. The highest BCUT2D eigenvalue weighted by Gasteiger charge is 2.69. The minimum Gasteiger partial charge on any atom is -0.281 e. The van der Waals surface area contributed by atoms with Gasteiger partial charge >= 0.3 is 21.3 Å². The van der Waals surface area contributed by atoms with E-state index in [0.717, 1.165) is 0 Å². The molecule has 1 N–H and O–H groups in total. The molecule has 0 radical (unpaired) electrons. The number of hydrogen-bond acceptors (Lipinski definition) is 3. The quantitative estimate of drug-likeness (QED) is 0.628. The van der Waals surface area contributed by atoms with Crippen molar-refractivity contribution in [2.24, 2.45) is 0 Å². The van der Waals surface area contributed by atoms with Crippen molar-refractivity contribution in [2.75, 3.05) is 0 Å². The van der Waals surface area contributed by atoms with Crippen LogP contribution in [0.2, 0.25) is 0 Å². The first kappa shape index (κ1) is 20.7. The Morgan fingerprint density at radius 1 is 1.14 bits per heavy atom. The van der Waals surface area contributed by atoms with Gasteiger partial charge in [-0.05, 0) is 18.6 Å². The van der Waals surface area contributed by atoms with Gasteiger partial charge in [-0.15, -0.1) is 0 Å². The van der Waals surface area contributed by atoms with E-state index in [-0.39, 0.29) is 12.8 Å². The lowest BCUT2D eigenvalue weighted by Gasteiger charge is -2.26. The number of pyridine rings is 1. The first-order valence-corrected chi connectivity index (χ1v) is 7.64. The molecular formula is C12H16F5NO3S. The number of rotatable bonds is 6. The molecule has 0 fully saturated rings. The Balaban J connectivity index is 0.000000604. The summed E-state index contributed by atoms with van der Waals surface area (Å²) in [6.07, 6.45) is -0.551. The molecule has 1 aromatic rings. The zero-order valence-electron chi connectivity index (χ0n) is 11.6. The van der Waals surface area contributed by atoms with Gasteiger partial charge in [0, 0.05) is 12.4 Å². The van der Waals surface area contributed by atoms with Crippen LogP contribution >= 0.6 is 0 Å². The van der Waals surface area contributed by atoms with Crippen molar-refractivity contribution in [3.63, 3.8) is 0 Å². The van der Waals surface area contributed by atoms with Crippen LogP contribution in [0.1, 0.15) is 26.2 Å². The van der Waals surface area contributed by atoms with E-state index in [9.17, 15) is 30.4 Å². The van der Waals surface area contributed by atoms with Gasteiger partial charge in [-0.3, -0.25) is 9.54 Å². The first-order chi connectivity index (χ1) is 9.98. The summed E-state index contributed by atoms with van der Waals surface area (Å²) in [6, 6.07) is 5.72. The SMILES string of the molecule is CCCCC(F)C(F)(F)C(F)(F)S(=O)(=O)O.c1ccncc1. The summed E-state index contributed by atoms with van der Waals surface area (Å²) in [5.41, 5.74) is 0. The summed E-state index contributed by atoms with van der Waals surface area (Å²) in [6.45, 7) is 1.52. The Bertz CT molecular complexity index is 498. The predicted octanol–water partition coefficient (Wildman–Crippen LogP) is 3.71. The zero-order chi connectivity index (χ0) is 17.4. The van der Waals surface area contributed by atoms with Gasteiger partial charge in [0.15, 0.2) is 6.17 Å². The predicted molar refractivity (Wildman–Crippen MR) is 70.1 cm³/mol. The fourth-order valence-corrected chi connectivity index (χ4v) is 1.70. The highest BCUT2D eigenvalue weighted by molar-refractivity contribution is 7.87. The Morgan fingerprint density at radius 2 is 1.64 bits per heavy atom. The van der Waals surface area contributed by atoms with E-state index in [1.807, 2.05) is 18.2 Å². The second kappa shape index (κ2) is 8.37. The minimum absolute atomic E-state index is 0.0989. The minimum atomic E-state index is -6.35. The molecule has 0 amide bonds. The largest absolute Gasteiger partial charge is 0.434 e. The van der Waals surface area contributed by atoms with E-state index in [4.69, 9.17) is 4.55 Å². The summed E-state index contributed by atoms with van der Waals surface area (Å²) in [4.78, 5) is 3.78. The van der Waals surface area contributed by atoms with Crippen molar-refractivity contribution in [3.05, 3.63) is 30.6 Å². The molecule has 22 heavy (non-hydrogen) atoms. The molecule has 0 bridgehead atoms. The number of hydrogen-bond donors (Lipinski definition) is 1. The third-order valence-corrected chi connectivity index (χ3v) is 3.40. The number of halogens is 5. The molecule has 4 nitrogen and oxygen atoms in total. The molecule has 10 heteroatoms. The fourth-order valence-electron chi connectivity index (χ4n) is 1.23. The van der Waals surface area contributed by atoms with Gasteiger partial charge in [0.1, 0.15) is 0 Å². The number of aromatic nitrogens is 1. The van der Waals surface area contributed by atoms with Crippen molar-refractivity contribution in [1.29, 1.82) is 0 Å². The molecule has 0 aliphatic rings. The summed E-state index contributed by atoms with van der Waals surface area (Å²) in [7, 11) is -6.35. The fraction of sp³-hybridized carbons (Fsp3) is 0.583. The van der Waals surface area contributed by atoms with Crippen molar-refractivity contribution < 1.29 is 34.9 Å². The normalized spacial score (nSPS) is 14.0. The van der Waals surface area contributed by atoms with Crippen molar-refractivity contribution >= 4 is 10.1 Å². The van der Waals surface area contributed by atoms with Crippen LogP contribution in [0.5, 0.6) is 0 Å². The third kappa shape index (κ3) is 5.48. The second-order valence-electron chi connectivity index (χ2n) is 4.25. The molecule has 0 saturated carbocycles. The van der Waals surface area contributed by atoms with E-state index in [2.05, 4.69) is 4.98 Å². The van der Waals surface area contributed by atoms with E-state index >= 15 is 0 Å². The molecule has 0 aliphatic heterocycles. The molecule has 1 atom stereocenters. The molecule has 0 spiro atoms. The highest BCUT2D eigenvalue weighted by atomic mass is 32.2.